The number of amides is 1. The lowest BCUT2D eigenvalue weighted by molar-refractivity contribution is -0.124. The lowest BCUT2D eigenvalue weighted by Gasteiger charge is -2.32. The third kappa shape index (κ3) is 5.92. The Morgan fingerprint density at radius 3 is 2.48 bits per heavy atom. The lowest BCUT2D eigenvalue weighted by atomic mass is 9.93. The molecule has 1 unspecified atom stereocenters. The largest absolute Gasteiger partial charge is 0.349 e. The van der Waals surface area contributed by atoms with Gasteiger partial charge in [-0.05, 0) is 31.8 Å². The molecular formula is C14H29N3O3S. The molecule has 1 saturated heterocycles. The van der Waals surface area contributed by atoms with Gasteiger partial charge in [0.25, 0.3) is 0 Å². The van der Waals surface area contributed by atoms with Gasteiger partial charge in [-0.25, -0.2) is 8.42 Å². The van der Waals surface area contributed by atoms with Gasteiger partial charge in [-0.1, -0.05) is 20.8 Å². The van der Waals surface area contributed by atoms with Gasteiger partial charge < -0.3 is 11.1 Å². The average Bonchev–Trinajstić information content (AvgIpc) is 2.61. The van der Waals surface area contributed by atoms with Crippen molar-refractivity contribution in [3.63, 3.8) is 0 Å². The first-order valence-electron chi connectivity index (χ1n) is 7.45. The molecule has 1 fully saturated rings. The van der Waals surface area contributed by atoms with E-state index in [1.54, 1.807) is 6.92 Å². The summed E-state index contributed by atoms with van der Waals surface area (Å²) in [6, 6.07) is 0. The number of nitrogens with zero attached hydrogens (tertiary/aromatic N) is 1. The number of hydrogen-bond acceptors (Lipinski definition) is 5. The van der Waals surface area contributed by atoms with E-state index in [2.05, 4.69) is 19.2 Å². The maximum absolute atomic E-state index is 12.2. The van der Waals surface area contributed by atoms with Crippen molar-refractivity contribution < 1.29 is 13.2 Å². The first-order valence-corrected chi connectivity index (χ1v) is 9.27. The van der Waals surface area contributed by atoms with Crippen molar-refractivity contribution in [1.82, 2.24) is 10.2 Å². The number of nitrogens with one attached hydrogen (secondary N) is 1. The van der Waals surface area contributed by atoms with Crippen LogP contribution in [-0.2, 0) is 14.6 Å². The Balaban J connectivity index is 2.56. The molecule has 0 aromatic heterocycles. The van der Waals surface area contributed by atoms with E-state index in [-0.39, 0.29) is 29.4 Å². The van der Waals surface area contributed by atoms with E-state index in [0.29, 0.717) is 13.0 Å². The van der Waals surface area contributed by atoms with Crippen LogP contribution in [0.15, 0.2) is 0 Å². The standard InChI is InChI=1S/C14H29N3O3S/c1-5-17(10-13(2,3)9-15)8-12(18)16-14(4)6-7-21(19,20)11-14/h5-11,15H2,1-4H3,(H,16,18). The molecule has 0 aliphatic carbocycles. The second kappa shape index (κ2) is 6.62. The molecule has 1 aliphatic heterocycles. The Morgan fingerprint density at radius 1 is 1.43 bits per heavy atom. The molecule has 6 nitrogen and oxygen atoms in total. The number of rotatable bonds is 7. The fourth-order valence-electron chi connectivity index (χ4n) is 2.64. The van der Waals surface area contributed by atoms with Gasteiger partial charge in [0.15, 0.2) is 9.84 Å². The van der Waals surface area contributed by atoms with E-state index in [9.17, 15) is 13.2 Å². The molecule has 0 aromatic rings. The number of sulfone groups is 1. The van der Waals surface area contributed by atoms with Crippen LogP contribution in [0.1, 0.15) is 34.1 Å². The van der Waals surface area contributed by atoms with Gasteiger partial charge in [0.2, 0.25) is 5.91 Å². The van der Waals surface area contributed by atoms with Crippen LogP contribution in [0.4, 0.5) is 0 Å². The van der Waals surface area contributed by atoms with Crippen LogP contribution in [0.2, 0.25) is 0 Å². The van der Waals surface area contributed by atoms with E-state index in [4.69, 9.17) is 5.73 Å². The third-order valence-corrected chi connectivity index (χ3v) is 5.87. The predicted molar refractivity (Wildman–Crippen MR) is 84.8 cm³/mol. The van der Waals surface area contributed by atoms with Crippen molar-refractivity contribution in [2.75, 3.05) is 37.7 Å². The highest BCUT2D eigenvalue weighted by Crippen LogP contribution is 2.22. The van der Waals surface area contributed by atoms with Gasteiger partial charge in [-0.3, -0.25) is 9.69 Å². The predicted octanol–water partition coefficient (Wildman–Crippen LogP) is -0.0134. The van der Waals surface area contributed by atoms with E-state index in [1.165, 1.54) is 0 Å². The number of nitrogens with two attached hydrogens (primary N) is 1. The minimum absolute atomic E-state index is 0.0339. The smallest absolute Gasteiger partial charge is 0.234 e. The first-order chi connectivity index (χ1) is 9.51. The van der Waals surface area contributed by atoms with Crippen molar-refractivity contribution in [2.24, 2.45) is 11.1 Å². The molecular weight excluding hydrogens is 290 g/mol. The van der Waals surface area contributed by atoms with Crippen LogP contribution >= 0.6 is 0 Å². The maximum Gasteiger partial charge on any atom is 0.234 e. The monoisotopic (exact) mass is 319 g/mol. The molecule has 0 aromatic carbocycles. The maximum atomic E-state index is 12.2. The zero-order chi connectivity index (χ0) is 16.3. The number of carbonyl (C=O) groups excluding carboxylic acids is 1. The Bertz CT molecular complexity index is 476. The van der Waals surface area contributed by atoms with Crippen LogP contribution in [0.25, 0.3) is 0 Å². The summed E-state index contributed by atoms with van der Waals surface area (Å²) in [6.45, 7) is 10.3. The Morgan fingerprint density at radius 2 is 2.05 bits per heavy atom. The van der Waals surface area contributed by atoms with E-state index >= 15 is 0 Å². The van der Waals surface area contributed by atoms with Crippen molar-refractivity contribution >= 4 is 15.7 Å². The second-order valence-electron chi connectivity index (χ2n) is 7.12. The fourth-order valence-corrected chi connectivity index (χ4v) is 4.73. The molecule has 124 valence electrons. The molecule has 1 atom stereocenters. The van der Waals surface area contributed by atoms with Crippen LogP contribution in [0, 0.1) is 5.41 Å². The fraction of sp³-hybridized carbons (Fsp3) is 0.929. The van der Waals surface area contributed by atoms with Crippen molar-refractivity contribution in [3.8, 4) is 0 Å². The average molecular weight is 319 g/mol. The van der Waals surface area contributed by atoms with Crippen molar-refractivity contribution in [2.45, 2.75) is 39.7 Å². The van der Waals surface area contributed by atoms with Crippen LogP contribution in [-0.4, -0.2) is 62.4 Å². The molecule has 3 N–H and O–H groups in total. The molecule has 21 heavy (non-hydrogen) atoms. The SMILES string of the molecule is CCN(CC(=O)NC1(C)CCS(=O)(=O)C1)CC(C)(C)CN. The summed E-state index contributed by atoms with van der Waals surface area (Å²) in [5.41, 5.74) is 5.06. The molecule has 7 heteroatoms. The normalized spacial score (nSPS) is 25.2. The highest BCUT2D eigenvalue weighted by Gasteiger charge is 2.39. The van der Waals surface area contributed by atoms with Crippen molar-refractivity contribution in [1.29, 1.82) is 0 Å². The van der Waals surface area contributed by atoms with Gasteiger partial charge in [0.05, 0.1) is 23.6 Å². The summed E-state index contributed by atoms with van der Waals surface area (Å²) >= 11 is 0. The molecule has 0 spiro atoms. The molecule has 1 heterocycles. The molecule has 1 amide bonds. The van der Waals surface area contributed by atoms with Gasteiger partial charge in [0.1, 0.15) is 0 Å². The van der Waals surface area contributed by atoms with E-state index in [0.717, 1.165) is 13.1 Å². The van der Waals surface area contributed by atoms with Crippen LogP contribution < -0.4 is 11.1 Å². The molecule has 0 bridgehead atoms. The Kier molecular flexibility index (Phi) is 5.80. The Hall–Kier alpha value is -0.660. The third-order valence-electron chi connectivity index (χ3n) is 3.96. The minimum atomic E-state index is -3.01. The highest BCUT2D eigenvalue weighted by atomic mass is 32.2. The number of likely N-dealkylation sites (N-methyl/N-ethyl adjacent to an activating group) is 1. The Labute approximate surface area is 128 Å². The summed E-state index contributed by atoms with van der Waals surface area (Å²) in [5.74, 6) is 0.0671. The van der Waals surface area contributed by atoms with Gasteiger partial charge in [-0.2, -0.15) is 0 Å². The summed E-state index contributed by atoms with van der Waals surface area (Å²) in [4.78, 5) is 14.2. The summed E-state index contributed by atoms with van der Waals surface area (Å²) in [6.07, 6.45) is 0.488. The van der Waals surface area contributed by atoms with Gasteiger partial charge in [-0.15, -0.1) is 0 Å². The highest BCUT2D eigenvalue weighted by molar-refractivity contribution is 7.91. The zero-order valence-corrected chi connectivity index (χ0v) is 14.4. The zero-order valence-electron chi connectivity index (χ0n) is 13.6. The summed E-state index contributed by atoms with van der Waals surface area (Å²) in [5, 5.41) is 2.89. The second-order valence-corrected chi connectivity index (χ2v) is 9.31. The van der Waals surface area contributed by atoms with E-state index < -0.39 is 15.4 Å². The minimum Gasteiger partial charge on any atom is -0.349 e. The molecule has 0 radical (unpaired) electrons. The number of hydrogen-bond donors (Lipinski definition) is 2. The lowest BCUT2D eigenvalue weighted by Crippen LogP contribution is -2.51. The number of carbonyl (C=O) groups is 1. The summed E-state index contributed by atoms with van der Waals surface area (Å²) in [7, 11) is -3.01. The van der Waals surface area contributed by atoms with E-state index in [1.807, 2.05) is 11.8 Å². The van der Waals surface area contributed by atoms with Crippen LogP contribution in [0.3, 0.4) is 0 Å². The van der Waals surface area contributed by atoms with Gasteiger partial charge >= 0.3 is 0 Å². The molecule has 1 aliphatic rings. The first kappa shape index (κ1) is 18.4. The van der Waals surface area contributed by atoms with Crippen molar-refractivity contribution in [3.05, 3.63) is 0 Å². The summed E-state index contributed by atoms with van der Waals surface area (Å²) < 4.78 is 23.1. The molecule has 1 rings (SSSR count). The van der Waals surface area contributed by atoms with Crippen LogP contribution in [0.5, 0.6) is 0 Å². The molecule has 0 saturated carbocycles. The topological polar surface area (TPSA) is 92.5 Å². The quantitative estimate of drug-likeness (QED) is 0.688. The van der Waals surface area contributed by atoms with Gasteiger partial charge in [0, 0.05) is 6.54 Å².